The van der Waals surface area contributed by atoms with Crippen molar-refractivity contribution in [3.63, 3.8) is 0 Å². The molecule has 2 saturated heterocycles. The lowest BCUT2D eigenvalue weighted by atomic mass is 9.95. The number of hydrogen-bond donors (Lipinski definition) is 2. The molecule has 1 aromatic rings. The van der Waals surface area contributed by atoms with Gasteiger partial charge in [0, 0.05) is 57.5 Å². The van der Waals surface area contributed by atoms with Crippen LogP contribution in [0.25, 0.3) is 0 Å². The Morgan fingerprint density at radius 3 is 3.04 bits per heavy atom. The van der Waals surface area contributed by atoms with E-state index in [0.29, 0.717) is 5.92 Å². The first-order valence-corrected chi connectivity index (χ1v) is 8.94. The summed E-state index contributed by atoms with van der Waals surface area (Å²) in [5, 5.41) is 10.6. The van der Waals surface area contributed by atoms with E-state index in [2.05, 4.69) is 26.5 Å². The summed E-state index contributed by atoms with van der Waals surface area (Å²) in [6.07, 6.45) is 3.15. The number of rotatable bonds is 5. The summed E-state index contributed by atoms with van der Waals surface area (Å²) in [5.74, 6) is 0.344. The molecule has 0 saturated carbocycles. The zero-order valence-corrected chi connectivity index (χ0v) is 14.8. The van der Waals surface area contributed by atoms with Gasteiger partial charge in [0.25, 0.3) is 0 Å². The van der Waals surface area contributed by atoms with Crippen LogP contribution in [0.1, 0.15) is 36.6 Å². The molecule has 24 heavy (non-hydrogen) atoms. The first kappa shape index (κ1) is 17.2. The Balaban J connectivity index is 1.48. The van der Waals surface area contributed by atoms with E-state index in [-0.39, 0.29) is 12.1 Å². The average Bonchev–Trinajstić information content (AvgIpc) is 3.22. The van der Waals surface area contributed by atoms with E-state index in [4.69, 9.17) is 4.74 Å². The number of methoxy groups -OCH3 is 1. The highest BCUT2D eigenvalue weighted by atomic mass is 16.5. The molecule has 0 bridgehead atoms. The molecule has 7 heteroatoms. The summed E-state index contributed by atoms with van der Waals surface area (Å²) in [6, 6.07) is 2.42. The van der Waals surface area contributed by atoms with Crippen LogP contribution in [0, 0.1) is 6.92 Å². The normalized spacial score (nSPS) is 25.2. The third kappa shape index (κ3) is 4.27. The maximum absolute atomic E-state index is 12.6. The average molecular weight is 335 g/mol. The minimum absolute atomic E-state index is 0.0746. The topological polar surface area (TPSA) is 73.5 Å². The van der Waals surface area contributed by atoms with Crippen molar-refractivity contribution in [2.24, 2.45) is 0 Å². The lowest BCUT2D eigenvalue weighted by Crippen LogP contribution is -2.49. The zero-order valence-electron chi connectivity index (χ0n) is 14.8. The van der Waals surface area contributed by atoms with E-state index in [1.165, 1.54) is 0 Å². The number of aryl methyl sites for hydroxylation is 1. The number of hydrogen-bond acceptors (Lipinski definition) is 4. The lowest BCUT2D eigenvalue weighted by molar-refractivity contribution is 0.158. The van der Waals surface area contributed by atoms with Crippen LogP contribution in [0.2, 0.25) is 0 Å². The predicted octanol–water partition coefficient (Wildman–Crippen LogP) is 1.33. The first-order valence-electron chi connectivity index (χ1n) is 8.94. The number of nitrogens with one attached hydrogen (secondary N) is 2. The van der Waals surface area contributed by atoms with E-state index >= 15 is 0 Å². The smallest absolute Gasteiger partial charge is 0.317 e. The van der Waals surface area contributed by atoms with Gasteiger partial charge in [0.2, 0.25) is 0 Å². The fourth-order valence-corrected chi connectivity index (χ4v) is 3.69. The van der Waals surface area contributed by atoms with Crippen LogP contribution in [0.5, 0.6) is 0 Å². The minimum Gasteiger partial charge on any atom is -0.383 e. The van der Waals surface area contributed by atoms with E-state index in [1.807, 2.05) is 11.8 Å². The molecule has 7 nitrogen and oxygen atoms in total. The highest BCUT2D eigenvalue weighted by Crippen LogP contribution is 2.26. The molecule has 1 aromatic heterocycles. The summed E-state index contributed by atoms with van der Waals surface area (Å²) in [4.78, 5) is 16.9. The van der Waals surface area contributed by atoms with Crippen molar-refractivity contribution in [2.45, 2.75) is 38.1 Å². The summed E-state index contributed by atoms with van der Waals surface area (Å²) in [5.41, 5.74) is 2.16. The van der Waals surface area contributed by atoms with E-state index in [0.717, 1.165) is 70.0 Å². The van der Waals surface area contributed by atoms with Gasteiger partial charge in [0.1, 0.15) is 0 Å². The van der Waals surface area contributed by atoms with Gasteiger partial charge in [0.15, 0.2) is 0 Å². The fraction of sp³-hybridized carbons (Fsp3) is 0.765. The Kier molecular flexibility index (Phi) is 5.73. The molecule has 2 aliphatic rings. The van der Waals surface area contributed by atoms with Crippen LogP contribution in [0.4, 0.5) is 4.79 Å². The number of aromatic amines is 1. The number of carbonyl (C=O) groups is 1. The molecule has 0 spiro atoms. The Morgan fingerprint density at radius 2 is 2.29 bits per heavy atom. The van der Waals surface area contributed by atoms with E-state index < -0.39 is 0 Å². The maximum atomic E-state index is 12.6. The first-order chi connectivity index (χ1) is 11.7. The number of carbonyl (C=O) groups excluding carboxylic acids is 1. The molecular weight excluding hydrogens is 306 g/mol. The second kappa shape index (κ2) is 7.98. The summed E-state index contributed by atoms with van der Waals surface area (Å²) in [6.45, 7) is 7.25. The largest absolute Gasteiger partial charge is 0.383 e. The second-order valence-corrected chi connectivity index (χ2v) is 6.99. The van der Waals surface area contributed by atoms with Gasteiger partial charge in [-0.2, -0.15) is 5.10 Å². The number of amides is 2. The molecule has 2 atom stereocenters. The molecule has 3 rings (SSSR count). The standard InChI is InChI=1S/C17H29N5O2/c1-13-10-16(20-19-13)14-4-3-6-22(11-14)17(23)18-15-5-7-21(12-15)8-9-24-2/h10,14-15H,3-9,11-12H2,1-2H3,(H,18,23)(H,19,20)/t14-,15+/m0/s1. The number of ether oxygens (including phenoxy) is 1. The van der Waals surface area contributed by atoms with Gasteiger partial charge in [0.05, 0.1) is 12.3 Å². The number of piperidine rings is 1. The van der Waals surface area contributed by atoms with Crippen LogP contribution in [0.3, 0.4) is 0 Å². The Bertz CT molecular complexity index is 547. The second-order valence-electron chi connectivity index (χ2n) is 6.99. The van der Waals surface area contributed by atoms with Crippen LogP contribution >= 0.6 is 0 Å². The van der Waals surface area contributed by atoms with Crippen molar-refractivity contribution >= 4 is 6.03 Å². The Hall–Kier alpha value is -1.60. The van der Waals surface area contributed by atoms with Crippen LogP contribution < -0.4 is 5.32 Å². The maximum Gasteiger partial charge on any atom is 0.317 e. The van der Waals surface area contributed by atoms with Crippen molar-refractivity contribution in [2.75, 3.05) is 46.4 Å². The molecule has 0 aromatic carbocycles. The van der Waals surface area contributed by atoms with Crippen molar-refractivity contribution < 1.29 is 9.53 Å². The van der Waals surface area contributed by atoms with Gasteiger partial charge in [-0.15, -0.1) is 0 Å². The quantitative estimate of drug-likeness (QED) is 0.851. The minimum atomic E-state index is 0.0746. The van der Waals surface area contributed by atoms with E-state index in [1.54, 1.807) is 7.11 Å². The number of aromatic nitrogens is 2. The zero-order chi connectivity index (χ0) is 16.9. The third-order valence-electron chi connectivity index (χ3n) is 5.06. The molecule has 0 radical (unpaired) electrons. The van der Waals surface area contributed by atoms with Gasteiger partial charge in [-0.05, 0) is 32.3 Å². The van der Waals surface area contributed by atoms with Gasteiger partial charge >= 0.3 is 6.03 Å². The molecule has 2 amide bonds. The van der Waals surface area contributed by atoms with Crippen molar-refractivity contribution in [1.82, 2.24) is 25.3 Å². The highest BCUT2D eigenvalue weighted by Gasteiger charge is 2.29. The van der Waals surface area contributed by atoms with Gasteiger partial charge in [-0.1, -0.05) is 0 Å². The van der Waals surface area contributed by atoms with Gasteiger partial charge < -0.3 is 15.0 Å². The Labute approximate surface area is 143 Å². The van der Waals surface area contributed by atoms with Gasteiger partial charge in [-0.3, -0.25) is 10.00 Å². The third-order valence-corrected chi connectivity index (χ3v) is 5.06. The molecule has 0 unspecified atom stereocenters. The molecule has 2 aliphatic heterocycles. The summed E-state index contributed by atoms with van der Waals surface area (Å²) >= 11 is 0. The number of urea groups is 1. The summed E-state index contributed by atoms with van der Waals surface area (Å²) < 4.78 is 5.13. The SMILES string of the molecule is COCCN1CC[C@@H](NC(=O)N2CCC[C@H](c3cc(C)[nH]n3)C2)C1. The van der Waals surface area contributed by atoms with Crippen LogP contribution in [0.15, 0.2) is 6.07 Å². The molecule has 0 aliphatic carbocycles. The van der Waals surface area contributed by atoms with Crippen LogP contribution in [-0.4, -0.2) is 78.5 Å². The molecule has 134 valence electrons. The lowest BCUT2D eigenvalue weighted by Gasteiger charge is -2.32. The van der Waals surface area contributed by atoms with Crippen molar-refractivity contribution in [3.05, 3.63) is 17.5 Å². The number of nitrogens with zero attached hydrogens (tertiary/aromatic N) is 3. The molecule has 2 fully saturated rings. The number of H-pyrrole nitrogens is 1. The monoisotopic (exact) mass is 335 g/mol. The van der Waals surface area contributed by atoms with Crippen molar-refractivity contribution in [1.29, 1.82) is 0 Å². The molecule has 2 N–H and O–H groups in total. The highest BCUT2D eigenvalue weighted by molar-refractivity contribution is 5.74. The van der Waals surface area contributed by atoms with Crippen molar-refractivity contribution in [3.8, 4) is 0 Å². The van der Waals surface area contributed by atoms with Gasteiger partial charge in [-0.25, -0.2) is 4.79 Å². The Morgan fingerprint density at radius 1 is 1.42 bits per heavy atom. The fourth-order valence-electron chi connectivity index (χ4n) is 3.69. The van der Waals surface area contributed by atoms with Crippen LogP contribution in [-0.2, 0) is 4.74 Å². The predicted molar refractivity (Wildman–Crippen MR) is 92.1 cm³/mol. The molecule has 3 heterocycles. The molecular formula is C17H29N5O2. The number of likely N-dealkylation sites (tertiary alicyclic amines) is 2. The summed E-state index contributed by atoms with van der Waals surface area (Å²) in [7, 11) is 1.73. The van der Waals surface area contributed by atoms with E-state index in [9.17, 15) is 4.79 Å².